The van der Waals surface area contributed by atoms with Crippen LogP contribution in [-0.4, -0.2) is 22.8 Å². The van der Waals surface area contributed by atoms with E-state index in [4.69, 9.17) is 11.6 Å². The Kier molecular flexibility index (Phi) is 6.82. The van der Waals surface area contributed by atoms with Gasteiger partial charge in [-0.1, -0.05) is 43.0 Å². The lowest BCUT2D eigenvalue weighted by Gasteiger charge is -2.23. The number of rotatable bonds is 6. The van der Waals surface area contributed by atoms with Gasteiger partial charge < -0.3 is 10.6 Å². The van der Waals surface area contributed by atoms with E-state index in [1.54, 1.807) is 30.3 Å². The van der Waals surface area contributed by atoms with Gasteiger partial charge in [0.1, 0.15) is 0 Å². The predicted octanol–water partition coefficient (Wildman–Crippen LogP) is 4.49. The van der Waals surface area contributed by atoms with Gasteiger partial charge in [-0.05, 0) is 36.6 Å². The zero-order valence-corrected chi connectivity index (χ0v) is 16.6. The number of nitrogens with one attached hydrogen (secondary N) is 2. The van der Waals surface area contributed by atoms with Gasteiger partial charge in [0.05, 0.1) is 21.9 Å². The van der Waals surface area contributed by atoms with Crippen molar-refractivity contribution in [2.24, 2.45) is 0 Å². The summed E-state index contributed by atoms with van der Waals surface area (Å²) < 4.78 is 0. The summed E-state index contributed by atoms with van der Waals surface area (Å²) in [5, 5.41) is 16.8. The van der Waals surface area contributed by atoms with Crippen LogP contribution in [0.4, 0.5) is 11.4 Å². The maximum Gasteiger partial charge on any atom is 0.269 e. The molecule has 2 N–H and O–H groups in total. The maximum atomic E-state index is 12.6. The number of carbonyl (C=O) groups is 2. The molecule has 0 aliphatic heterocycles. The van der Waals surface area contributed by atoms with Gasteiger partial charge in [-0.2, -0.15) is 0 Å². The summed E-state index contributed by atoms with van der Waals surface area (Å²) in [7, 11) is 0. The Morgan fingerprint density at radius 2 is 1.76 bits per heavy atom. The predicted molar refractivity (Wildman–Crippen MR) is 111 cm³/mol. The largest absolute Gasteiger partial charge is 0.349 e. The van der Waals surface area contributed by atoms with E-state index in [0.29, 0.717) is 21.8 Å². The van der Waals surface area contributed by atoms with E-state index >= 15 is 0 Å². The van der Waals surface area contributed by atoms with Crippen molar-refractivity contribution < 1.29 is 14.5 Å². The van der Waals surface area contributed by atoms with E-state index in [2.05, 4.69) is 10.6 Å². The highest BCUT2D eigenvalue weighted by atomic mass is 35.5. The highest BCUT2D eigenvalue weighted by molar-refractivity contribution is 6.34. The Hall–Kier alpha value is -2.93. The van der Waals surface area contributed by atoms with Gasteiger partial charge in [-0.3, -0.25) is 19.7 Å². The molecule has 2 aromatic rings. The number of halogens is 1. The van der Waals surface area contributed by atoms with Crippen molar-refractivity contribution in [3.05, 3.63) is 68.7 Å². The SMILES string of the molecule is O=C(Cc1ccc([N+](=O)[O-])cc1)Nc1ccc(Cl)c(C(=O)NC2CCCCC2)c1. The molecule has 8 heteroatoms. The highest BCUT2D eigenvalue weighted by Crippen LogP contribution is 2.23. The monoisotopic (exact) mass is 415 g/mol. The quantitative estimate of drug-likeness (QED) is 0.536. The fourth-order valence-electron chi connectivity index (χ4n) is 3.41. The van der Waals surface area contributed by atoms with Crippen LogP contribution in [0.1, 0.15) is 48.0 Å². The third-order valence-electron chi connectivity index (χ3n) is 4.95. The number of benzene rings is 2. The zero-order valence-electron chi connectivity index (χ0n) is 15.8. The van der Waals surface area contributed by atoms with Crippen LogP contribution in [0.2, 0.25) is 5.02 Å². The molecule has 0 spiro atoms. The molecule has 0 aromatic heterocycles. The molecule has 1 aliphatic carbocycles. The van der Waals surface area contributed by atoms with Crippen LogP contribution in [0.3, 0.4) is 0 Å². The lowest BCUT2D eigenvalue weighted by molar-refractivity contribution is -0.384. The number of non-ortho nitro benzene ring substituents is 1. The van der Waals surface area contributed by atoms with Crippen LogP contribution < -0.4 is 10.6 Å². The third kappa shape index (κ3) is 5.77. The van der Waals surface area contributed by atoms with Crippen molar-refractivity contribution in [3.8, 4) is 0 Å². The van der Waals surface area contributed by atoms with Crippen LogP contribution in [0.25, 0.3) is 0 Å². The summed E-state index contributed by atoms with van der Waals surface area (Å²) in [5.41, 5.74) is 1.42. The van der Waals surface area contributed by atoms with Crippen molar-refractivity contribution in [2.45, 2.75) is 44.6 Å². The fraction of sp³-hybridized carbons (Fsp3) is 0.333. The molecule has 0 atom stereocenters. The molecule has 3 rings (SSSR count). The second-order valence-corrected chi connectivity index (χ2v) is 7.56. The number of nitro groups is 1. The molecule has 152 valence electrons. The molecule has 1 fully saturated rings. The van der Waals surface area contributed by atoms with Crippen molar-refractivity contribution in [1.29, 1.82) is 0 Å². The Labute approximate surface area is 173 Å². The van der Waals surface area contributed by atoms with Gasteiger partial charge in [0, 0.05) is 23.9 Å². The van der Waals surface area contributed by atoms with E-state index in [1.165, 1.54) is 18.6 Å². The summed E-state index contributed by atoms with van der Waals surface area (Å²) in [4.78, 5) is 35.1. The molecule has 1 saturated carbocycles. The number of hydrogen-bond donors (Lipinski definition) is 2. The Morgan fingerprint density at radius 3 is 2.41 bits per heavy atom. The van der Waals surface area contributed by atoms with Gasteiger partial charge in [0.2, 0.25) is 5.91 Å². The van der Waals surface area contributed by atoms with E-state index in [1.807, 2.05) is 0 Å². The smallest absolute Gasteiger partial charge is 0.269 e. The lowest BCUT2D eigenvalue weighted by atomic mass is 9.95. The van der Waals surface area contributed by atoms with Gasteiger partial charge in [-0.25, -0.2) is 0 Å². The van der Waals surface area contributed by atoms with E-state index in [-0.39, 0.29) is 30.0 Å². The van der Waals surface area contributed by atoms with E-state index in [9.17, 15) is 19.7 Å². The summed E-state index contributed by atoms with van der Waals surface area (Å²) >= 11 is 6.19. The minimum absolute atomic E-state index is 0.0273. The molecule has 7 nitrogen and oxygen atoms in total. The van der Waals surface area contributed by atoms with Crippen LogP contribution in [-0.2, 0) is 11.2 Å². The Morgan fingerprint density at radius 1 is 1.07 bits per heavy atom. The molecule has 0 unspecified atom stereocenters. The first kappa shape index (κ1) is 20.8. The van der Waals surface area contributed by atoms with Crippen molar-refractivity contribution in [1.82, 2.24) is 5.32 Å². The lowest BCUT2D eigenvalue weighted by Crippen LogP contribution is -2.36. The number of amides is 2. The van der Waals surface area contributed by atoms with Crippen molar-refractivity contribution in [2.75, 3.05) is 5.32 Å². The van der Waals surface area contributed by atoms with Crippen LogP contribution in [0, 0.1) is 10.1 Å². The molecule has 2 aromatic carbocycles. The maximum absolute atomic E-state index is 12.6. The van der Waals surface area contributed by atoms with Crippen molar-refractivity contribution >= 4 is 34.8 Å². The average Bonchev–Trinajstić information content (AvgIpc) is 2.70. The topological polar surface area (TPSA) is 101 Å². The molecular formula is C21H22ClN3O4. The van der Waals surface area contributed by atoms with Crippen LogP contribution in [0.5, 0.6) is 0 Å². The number of anilines is 1. The van der Waals surface area contributed by atoms with Gasteiger partial charge in [0.25, 0.3) is 11.6 Å². The summed E-state index contributed by atoms with van der Waals surface area (Å²) in [6, 6.07) is 10.7. The van der Waals surface area contributed by atoms with Crippen LogP contribution in [0.15, 0.2) is 42.5 Å². The van der Waals surface area contributed by atoms with Crippen molar-refractivity contribution in [3.63, 3.8) is 0 Å². The molecule has 0 bridgehead atoms. The van der Waals surface area contributed by atoms with E-state index < -0.39 is 4.92 Å². The fourth-order valence-corrected chi connectivity index (χ4v) is 3.62. The minimum atomic E-state index is -0.489. The van der Waals surface area contributed by atoms with Gasteiger partial charge >= 0.3 is 0 Å². The standard InChI is InChI=1S/C21H22ClN3O4/c22-19-11-8-16(13-18(19)21(27)24-15-4-2-1-3-5-15)23-20(26)12-14-6-9-17(10-7-14)25(28)29/h6-11,13,15H,1-5,12H2,(H,23,26)(H,24,27). The van der Waals surface area contributed by atoms with Gasteiger partial charge in [-0.15, -0.1) is 0 Å². The number of nitrogens with zero attached hydrogens (tertiary/aromatic N) is 1. The Balaban J connectivity index is 1.63. The number of hydrogen-bond acceptors (Lipinski definition) is 4. The van der Waals surface area contributed by atoms with Crippen LogP contribution >= 0.6 is 11.6 Å². The first-order chi connectivity index (χ1) is 13.9. The zero-order chi connectivity index (χ0) is 20.8. The molecule has 1 aliphatic rings. The summed E-state index contributed by atoms with van der Waals surface area (Å²) in [6.07, 6.45) is 5.41. The second kappa shape index (κ2) is 9.52. The molecule has 2 amide bonds. The molecule has 0 heterocycles. The van der Waals surface area contributed by atoms with Gasteiger partial charge in [0.15, 0.2) is 0 Å². The number of carbonyl (C=O) groups excluding carboxylic acids is 2. The molecule has 0 saturated heterocycles. The molecule has 0 radical (unpaired) electrons. The first-order valence-electron chi connectivity index (χ1n) is 9.56. The summed E-state index contributed by atoms with van der Waals surface area (Å²) in [6.45, 7) is 0. The number of nitro benzene ring substituents is 1. The third-order valence-corrected chi connectivity index (χ3v) is 5.28. The summed E-state index contributed by atoms with van der Waals surface area (Å²) in [5.74, 6) is -0.534. The first-order valence-corrected chi connectivity index (χ1v) is 9.94. The average molecular weight is 416 g/mol. The van der Waals surface area contributed by atoms with E-state index in [0.717, 1.165) is 25.7 Å². The normalized spacial score (nSPS) is 14.2. The minimum Gasteiger partial charge on any atom is -0.349 e. The molecular weight excluding hydrogens is 394 g/mol. The second-order valence-electron chi connectivity index (χ2n) is 7.15. The molecule has 29 heavy (non-hydrogen) atoms. The Bertz CT molecular complexity index is 909. The highest BCUT2D eigenvalue weighted by Gasteiger charge is 2.19.